The summed E-state index contributed by atoms with van der Waals surface area (Å²) in [5.74, 6) is 0.394. The van der Waals surface area contributed by atoms with Crippen LogP contribution >= 0.6 is 0 Å². The van der Waals surface area contributed by atoms with E-state index in [9.17, 15) is 5.11 Å². The molecule has 0 spiro atoms. The topological polar surface area (TPSA) is 41.5 Å². The normalized spacial score (nSPS) is 25.8. The Morgan fingerprint density at radius 2 is 2.46 bits per heavy atom. The van der Waals surface area contributed by atoms with Crippen molar-refractivity contribution in [2.24, 2.45) is 5.92 Å². The van der Waals surface area contributed by atoms with Crippen LogP contribution in [-0.2, 0) is 4.74 Å². The maximum absolute atomic E-state index is 9.74. The van der Waals surface area contributed by atoms with Gasteiger partial charge in [0, 0.05) is 13.2 Å². The highest BCUT2D eigenvalue weighted by Crippen LogP contribution is 2.14. The molecule has 0 aromatic carbocycles. The first kappa shape index (κ1) is 11.0. The minimum absolute atomic E-state index is 0.278. The fourth-order valence-electron chi connectivity index (χ4n) is 1.69. The lowest BCUT2D eigenvalue weighted by Gasteiger charge is -2.27. The fourth-order valence-corrected chi connectivity index (χ4v) is 1.69. The molecule has 0 aromatic rings. The van der Waals surface area contributed by atoms with Gasteiger partial charge in [0.05, 0.1) is 12.7 Å². The highest BCUT2D eigenvalue weighted by molar-refractivity contribution is 4.75. The molecule has 1 fully saturated rings. The van der Waals surface area contributed by atoms with Gasteiger partial charge in [-0.15, -0.1) is 0 Å². The molecule has 0 amide bonds. The summed E-state index contributed by atoms with van der Waals surface area (Å²) in [5.41, 5.74) is 0. The molecule has 1 aliphatic rings. The Hall–Kier alpha value is -0.120. The first-order valence-electron chi connectivity index (χ1n) is 5.31. The number of hydrogen-bond donors (Lipinski definition) is 2. The molecule has 0 aromatic heterocycles. The average Bonchev–Trinajstić information content (AvgIpc) is 2.19. The van der Waals surface area contributed by atoms with E-state index < -0.39 is 0 Å². The molecular formula is C10H21NO2. The first-order chi connectivity index (χ1) is 6.34. The van der Waals surface area contributed by atoms with Crippen molar-refractivity contribution in [1.82, 2.24) is 5.32 Å². The summed E-state index contributed by atoms with van der Waals surface area (Å²) in [6.45, 7) is 5.38. The van der Waals surface area contributed by atoms with Crippen LogP contribution in [0.15, 0.2) is 0 Å². The number of aliphatic hydroxyl groups excluding tert-OH is 1. The van der Waals surface area contributed by atoms with Gasteiger partial charge in [-0.3, -0.25) is 0 Å². The van der Waals surface area contributed by atoms with Crippen molar-refractivity contribution in [2.75, 3.05) is 26.3 Å². The Balaban J connectivity index is 2.09. The lowest BCUT2D eigenvalue weighted by molar-refractivity contribution is -0.000952. The van der Waals surface area contributed by atoms with Crippen molar-refractivity contribution in [2.45, 2.75) is 32.3 Å². The summed E-state index contributed by atoms with van der Waals surface area (Å²) in [5, 5.41) is 13.0. The molecule has 0 bridgehead atoms. The second kappa shape index (κ2) is 6.35. The molecule has 2 unspecified atom stereocenters. The first-order valence-corrected chi connectivity index (χ1v) is 5.31. The molecule has 1 saturated heterocycles. The largest absolute Gasteiger partial charge is 0.390 e. The molecule has 0 aliphatic carbocycles. The SMILES string of the molecule is CCCOCC(O)C1CCCNC1. The summed E-state index contributed by atoms with van der Waals surface area (Å²) in [4.78, 5) is 0. The predicted octanol–water partition coefficient (Wildman–Crippen LogP) is 0.773. The van der Waals surface area contributed by atoms with Gasteiger partial charge in [-0.1, -0.05) is 6.92 Å². The summed E-state index contributed by atoms with van der Waals surface area (Å²) in [7, 11) is 0. The van der Waals surface area contributed by atoms with Crippen LogP contribution in [-0.4, -0.2) is 37.5 Å². The van der Waals surface area contributed by atoms with Crippen molar-refractivity contribution >= 4 is 0 Å². The third-order valence-corrected chi connectivity index (χ3v) is 2.52. The van der Waals surface area contributed by atoms with Gasteiger partial charge in [-0.2, -0.15) is 0 Å². The number of aliphatic hydroxyl groups is 1. The van der Waals surface area contributed by atoms with Crippen molar-refractivity contribution in [3.8, 4) is 0 Å². The van der Waals surface area contributed by atoms with E-state index in [1.165, 1.54) is 6.42 Å². The van der Waals surface area contributed by atoms with Gasteiger partial charge in [0.25, 0.3) is 0 Å². The van der Waals surface area contributed by atoms with E-state index in [0.29, 0.717) is 12.5 Å². The van der Waals surface area contributed by atoms with Gasteiger partial charge >= 0.3 is 0 Å². The summed E-state index contributed by atoms with van der Waals surface area (Å²) in [6.07, 6.45) is 3.05. The second-order valence-electron chi connectivity index (χ2n) is 3.75. The molecule has 1 aliphatic heterocycles. The Morgan fingerprint density at radius 1 is 1.62 bits per heavy atom. The molecule has 2 atom stereocenters. The third kappa shape index (κ3) is 4.07. The summed E-state index contributed by atoms with van der Waals surface area (Å²) < 4.78 is 5.32. The van der Waals surface area contributed by atoms with Crippen LogP contribution in [0.2, 0.25) is 0 Å². The molecule has 0 saturated carbocycles. The zero-order valence-electron chi connectivity index (χ0n) is 8.46. The predicted molar refractivity (Wildman–Crippen MR) is 52.7 cm³/mol. The Labute approximate surface area is 80.5 Å². The summed E-state index contributed by atoms with van der Waals surface area (Å²) >= 11 is 0. The zero-order valence-corrected chi connectivity index (χ0v) is 8.46. The van der Waals surface area contributed by atoms with Gasteiger partial charge in [0.2, 0.25) is 0 Å². The zero-order chi connectivity index (χ0) is 9.52. The molecule has 1 rings (SSSR count). The molecule has 13 heavy (non-hydrogen) atoms. The summed E-state index contributed by atoms with van der Waals surface area (Å²) in [6, 6.07) is 0. The van der Waals surface area contributed by atoms with Crippen molar-refractivity contribution in [3.05, 3.63) is 0 Å². The molecule has 3 nitrogen and oxygen atoms in total. The van der Waals surface area contributed by atoms with Crippen molar-refractivity contribution < 1.29 is 9.84 Å². The average molecular weight is 187 g/mol. The van der Waals surface area contributed by atoms with Crippen LogP contribution in [0, 0.1) is 5.92 Å². The molecule has 3 heteroatoms. The van der Waals surface area contributed by atoms with Gasteiger partial charge in [0.15, 0.2) is 0 Å². The lowest BCUT2D eigenvalue weighted by atomic mass is 9.94. The number of nitrogens with one attached hydrogen (secondary N) is 1. The highest BCUT2D eigenvalue weighted by Gasteiger charge is 2.21. The lowest BCUT2D eigenvalue weighted by Crippen LogP contribution is -2.38. The Morgan fingerprint density at radius 3 is 3.08 bits per heavy atom. The van der Waals surface area contributed by atoms with E-state index >= 15 is 0 Å². The van der Waals surface area contributed by atoms with E-state index in [4.69, 9.17) is 4.74 Å². The quantitative estimate of drug-likeness (QED) is 0.625. The van der Waals surface area contributed by atoms with E-state index in [0.717, 1.165) is 32.5 Å². The maximum atomic E-state index is 9.74. The molecule has 2 N–H and O–H groups in total. The molecular weight excluding hydrogens is 166 g/mol. The standard InChI is InChI=1S/C10H21NO2/c1-2-6-13-8-10(12)9-4-3-5-11-7-9/h9-12H,2-8H2,1H3. The smallest absolute Gasteiger partial charge is 0.0813 e. The van der Waals surface area contributed by atoms with Crippen LogP contribution < -0.4 is 5.32 Å². The van der Waals surface area contributed by atoms with E-state index in [2.05, 4.69) is 12.2 Å². The van der Waals surface area contributed by atoms with E-state index in [1.54, 1.807) is 0 Å². The molecule has 1 heterocycles. The minimum atomic E-state index is -0.278. The van der Waals surface area contributed by atoms with E-state index in [-0.39, 0.29) is 6.10 Å². The highest BCUT2D eigenvalue weighted by atomic mass is 16.5. The minimum Gasteiger partial charge on any atom is -0.390 e. The second-order valence-corrected chi connectivity index (χ2v) is 3.75. The van der Waals surface area contributed by atoms with Crippen LogP contribution in [0.25, 0.3) is 0 Å². The fraction of sp³-hybridized carbons (Fsp3) is 1.00. The number of ether oxygens (including phenoxy) is 1. The van der Waals surface area contributed by atoms with Gasteiger partial charge < -0.3 is 15.2 Å². The van der Waals surface area contributed by atoms with Gasteiger partial charge in [-0.05, 0) is 31.7 Å². The van der Waals surface area contributed by atoms with Crippen LogP contribution in [0.1, 0.15) is 26.2 Å². The third-order valence-electron chi connectivity index (χ3n) is 2.52. The number of rotatable bonds is 5. The van der Waals surface area contributed by atoms with Gasteiger partial charge in [0.1, 0.15) is 0 Å². The Kier molecular flexibility index (Phi) is 5.35. The Bertz CT molecular complexity index is 124. The van der Waals surface area contributed by atoms with Crippen LogP contribution in [0.5, 0.6) is 0 Å². The van der Waals surface area contributed by atoms with Crippen LogP contribution in [0.3, 0.4) is 0 Å². The van der Waals surface area contributed by atoms with Crippen molar-refractivity contribution in [1.29, 1.82) is 0 Å². The van der Waals surface area contributed by atoms with Crippen LogP contribution in [0.4, 0.5) is 0 Å². The molecule has 0 radical (unpaired) electrons. The molecule has 78 valence electrons. The monoisotopic (exact) mass is 187 g/mol. The number of piperidine rings is 1. The van der Waals surface area contributed by atoms with E-state index in [1.807, 2.05) is 0 Å². The maximum Gasteiger partial charge on any atom is 0.0813 e. The number of hydrogen-bond acceptors (Lipinski definition) is 3. The van der Waals surface area contributed by atoms with Gasteiger partial charge in [-0.25, -0.2) is 0 Å². The van der Waals surface area contributed by atoms with Crippen molar-refractivity contribution in [3.63, 3.8) is 0 Å².